The average molecular weight is 247 g/mol. The minimum absolute atomic E-state index is 0.0417. The van der Waals surface area contributed by atoms with Crippen molar-refractivity contribution in [1.29, 1.82) is 0 Å². The fourth-order valence-electron chi connectivity index (χ4n) is 1.85. The number of hydrogen-bond acceptors (Lipinski definition) is 3. The van der Waals surface area contributed by atoms with Crippen LogP contribution in [0.3, 0.4) is 0 Å². The highest BCUT2D eigenvalue weighted by Gasteiger charge is 2.34. The van der Waals surface area contributed by atoms with E-state index in [1.807, 2.05) is 0 Å². The third-order valence-electron chi connectivity index (χ3n) is 3.27. The Labute approximate surface area is 97.7 Å². The van der Waals surface area contributed by atoms with Crippen LogP contribution in [-0.4, -0.2) is 43.3 Å². The van der Waals surface area contributed by atoms with E-state index in [-0.39, 0.29) is 12.4 Å². The van der Waals surface area contributed by atoms with Gasteiger partial charge in [0.2, 0.25) is 10.0 Å². The largest absolute Gasteiger partial charge is 0.396 e. The van der Waals surface area contributed by atoms with E-state index in [1.165, 1.54) is 25.7 Å². The van der Waals surface area contributed by atoms with Crippen molar-refractivity contribution >= 4 is 10.0 Å². The van der Waals surface area contributed by atoms with Crippen molar-refractivity contribution in [2.24, 2.45) is 11.8 Å². The number of aliphatic hydroxyl groups is 1. The van der Waals surface area contributed by atoms with Gasteiger partial charge in [0.1, 0.15) is 0 Å². The SMILES string of the molecule is O=S(=O)(CCCO)N(CC1CC1)CC1CC1. The van der Waals surface area contributed by atoms with Crippen LogP contribution in [0.5, 0.6) is 0 Å². The predicted molar refractivity (Wildman–Crippen MR) is 62.5 cm³/mol. The number of rotatable bonds is 8. The van der Waals surface area contributed by atoms with Gasteiger partial charge in [-0.3, -0.25) is 0 Å². The van der Waals surface area contributed by atoms with E-state index < -0.39 is 10.0 Å². The van der Waals surface area contributed by atoms with Gasteiger partial charge in [-0.15, -0.1) is 0 Å². The molecule has 4 nitrogen and oxygen atoms in total. The molecule has 0 spiro atoms. The van der Waals surface area contributed by atoms with E-state index in [9.17, 15) is 8.42 Å². The zero-order chi connectivity index (χ0) is 11.6. The Balaban J connectivity index is 1.91. The molecule has 2 saturated carbocycles. The minimum atomic E-state index is -3.12. The first-order chi connectivity index (χ1) is 7.62. The molecule has 1 N–H and O–H groups in total. The molecule has 0 unspecified atom stereocenters. The fourth-order valence-corrected chi connectivity index (χ4v) is 3.48. The first kappa shape index (κ1) is 12.3. The lowest BCUT2D eigenvalue weighted by molar-refractivity contribution is 0.293. The van der Waals surface area contributed by atoms with Crippen molar-refractivity contribution in [3.8, 4) is 0 Å². The van der Waals surface area contributed by atoms with Crippen molar-refractivity contribution in [2.45, 2.75) is 32.1 Å². The Bertz CT molecular complexity index is 306. The first-order valence-electron chi connectivity index (χ1n) is 6.20. The monoisotopic (exact) mass is 247 g/mol. The van der Waals surface area contributed by atoms with E-state index in [1.54, 1.807) is 4.31 Å². The van der Waals surface area contributed by atoms with Gasteiger partial charge in [0.15, 0.2) is 0 Å². The summed E-state index contributed by atoms with van der Waals surface area (Å²) >= 11 is 0. The highest BCUT2D eigenvalue weighted by molar-refractivity contribution is 7.89. The van der Waals surface area contributed by atoms with E-state index in [0.29, 0.717) is 31.3 Å². The Hall–Kier alpha value is -0.130. The molecule has 0 radical (unpaired) electrons. The summed E-state index contributed by atoms with van der Waals surface area (Å²) in [6, 6.07) is 0. The summed E-state index contributed by atoms with van der Waals surface area (Å²) in [5, 5.41) is 8.72. The van der Waals surface area contributed by atoms with E-state index in [2.05, 4.69) is 0 Å². The maximum Gasteiger partial charge on any atom is 0.214 e. The average Bonchev–Trinajstić information content (AvgIpc) is 3.07. The smallest absolute Gasteiger partial charge is 0.214 e. The lowest BCUT2D eigenvalue weighted by Crippen LogP contribution is -2.36. The van der Waals surface area contributed by atoms with Crippen LogP contribution < -0.4 is 0 Å². The maximum atomic E-state index is 12.0. The number of sulfonamides is 1. The van der Waals surface area contributed by atoms with Crippen molar-refractivity contribution in [3.63, 3.8) is 0 Å². The van der Waals surface area contributed by atoms with Gasteiger partial charge >= 0.3 is 0 Å². The maximum absolute atomic E-state index is 12.0. The molecule has 0 aromatic carbocycles. The molecule has 2 fully saturated rings. The summed E-state index contributed by atoms with van der Waals surface area (Å²) in [5.41, 5.74) is 0. The molecule has 2 aliphatic rings. The highest BCUT2D eigenvalue weighted by atomic mass is 32.2. The molecular formula is C11H21NO3S. The minimum Gasteiger partial charge on any atom is -0.396 e. The van der Waals surface area contributed by atoms with Crippen LogP contribution >= 0.6 is 0 Å². The summed E-state index contributed by atoms with van der Waals surface area (Å²) in [6.07, 6.45) is 5.06. The second-order valence-electron chi connectivity index (χ2n) is 5.10. The van der Waals surface area contributed by atoms with E-state index in [4.69, 9.17) is 5.11 Å². The summed E-state index contributed by atoms with van der Waals surface area (Å²) < 4.78 is 25.7. The Morgan fingerprint density at radius 2 is 1.56 bits per heavy atom. The molecule has 0 aliphatic heterocycles. The van der Waals surface area contributed by atoms with Crippen molar-refractivity contribution in [3.05, 3.63) is 0 Å². The fraction of sp³-hybridized carbons (Fsp3) is 1.00. The van der Waals surface area contributed by atoms with Crippen LogP contribution in [-0.2, 0) is 10.0 Å². The summed E-state index contributed by atoms with van der Waals surface area (Å²) in [7, 11) is -3.12. The zero-order valence-electron chi connectivity index (χ0n) is 9.64. The quantitative estimate of drug-likeness (QED) is 0.691. The van der Waals surface area contributed by atoms with Crippen molar-refractivity contribution in [1.82, 2.24) is 4.31 Å². The third-order valence-corrected chi connectivity index (χ3v) is 5.16. The van der Waals surface area contributed by atoms with Crippen LogP contribution in [0.2, 0.25) is 0 Å². The molecule has 5 heteroatoms. The van der Waals surface area contributed by atoms with E-state index >= 15 is 0 Å². The highest BCUT2D eigenvalue weighted by Crippen LogP contribution is 2.34. The van der Waals surface area contributed by atoms with Gasteiger partial charge in [-0.05, 0) is 43.9 Å². The molecule has 0 heterocycles. The second-order valence-corrected chi connectivity index (χ2v) is 7.19. The molecule has 0 amide bonds. The van der Waals surface area contributed by atoms with Crippen molar-refractivity contribution in [2.75, 3.05) is 25.4 Å². The lowest BCUT2D eigenvalue weighted by atomic mass is 10.4. The predicted octanol–water partition coefficient (Wildman–Crippen LogP) is 0.821. The van der Waals surface area contributed by atoms with Crippen LogP contribution in [0.4, 0.5) is 0 Å². The second kappa shape index (κ2) is 5.02. The normalized spacial score (nSPS) is 21.6. The molecule has 0 bridgehead atoms. The molecule has 0 saturated heterocycles. The molecule has 16 heavy (non-hydrogen) atoms. The van der Waals surface area contributed by atoms with Gasteiger partial charge < -0.3 is 5.11 Å². The standard InChI is InChI=1S/C11H21NO3S/c13-6-1-7-16(14,15)12(8-10-2-3-10)9-11-4-5-11/h10-11,13H,1-9H2. The summed E-state index contributed by atoms with van der Waals surface area (Å²) in [4.78, 5) is 0. The van der Waals surface area contributed by atoms with Gasteiger partial charge in [0, 0.05) is 19.7 Å². The molecular weight excluding hydrogens is 226 g/mol. The number of aliphatic hydroxyl groups excluding tert-OH is 1. The van der Waals surface area contributed by atoms with Crippen LogP contribution in [0.25, 0.3) is 0 Å². The molecule has 2 rings (SSSR count). The molecule has 2 aliphatic carbocycles. The molecule has 94 valence electrons. The van der Waals surface area contributed by atoms with Gasteiger partial charge in [-0.2, -0.15) is 0 Å². The first-order valence-corrected chi connectivity index (χ1v) is 7.81. The molecule has 0 atom stereocenters. The third kappa shape index (κ3) is 3.71. The van der Waals surface area contributed by atoms with Gasteiger partial charge in [0.05, 0.1) is 5.75 Å². The number of hydrogen-bond donors (Lipinski definition) is 1. The Morgan fingerprint density at radius 1 is 1.06 bits per heavy atom. The van der Waals surface area contributed by atoms with Crippen molar-refractivity contribution < 1.29 is 13.5 Å². The molecule has 0 aromatic rings. The number of nitrogens with zero attached hydrogens (tertiary/aromatic N) is 1. The summed E-state index contributed by atoms with van der Waals surface area (Å²) in [6.45, 7) is 1.38. The van der Waals surface area contributed by atoms with E-state index in [0.717, 1.165) is 0 Å². The Morgan fingerprint density at radius 3 is 1.94 bits per heavy atom. The van der Waals surface area contributed by atoms with Gasteiger partial charge in [0.25, 0.3) is 0 Å². The lowest BCUT2D eigenvalue weighted by Gasteiger charge is -2.21. The van der Waals surface area contributed by atoms with Crippen LogP contribution in [0, 0.1) is 11.8 Å². The topological polar surface area (TPSA) is 57.6 Å². The summed E-state index contributed by atoms with van der Waals surface area (Å²) in [5.74, 6) is 1.30. The van der Waals surface area contributed by atoms with Crippen LogP contribution in [0.15, 0.2) is 0 Å². The zero-order valence-corrected chi connectivity index (χ0v) is 10.5. The van der Waals surface area contributed by atoms with Gasteiger partial charge in [-0.1, -0.05) is 0 Å². The Kier molecular flexibility index (Phi) is 3.87. The molecule has 0 aromatic heterocycles. The van der Waals surface area contributed by atoms with Crippen LogP contribution in [0.1, 0.15) is 32.1 Å². The van der Waals surface area contributed by atoms with Gasteiger partial charge in [-0.25, -0.2) is 12.7 Å².